The molecule has 0 unspecified atom stereocenters. The summed E-state index contributed by atoms with van der Waals surface area (Å²) in [6.45, 7) is 8.05. The fourth-order valence-electron chi connectivity index (χ4n) is 2.49. The molecule has 5 nitrogen and oxygen atoms in total. The minimum Gasteiger partial charge on any atom is -0.444 e. The molecule has 0 aliphatic carbocycles. The van der Waals surface area contributed by atoms with Crippen molar-refractivity contribution in [2.75, 3.05) is 13.1 Å². The van der Waals surface area contributed by atoms with E-state index < -0.39 is 23.4 Å². The summed E-state index contributed by atoms with van der Waals surface area (Å²) in [5, 5.41) is 2.79. The number of nitrogens with zero attached hydrogens (tertiary/aromatic N) is 1. The van der Waals surface area contributed by atoms with Crippen molar-refractivity contribution in [3.05, 3.63) is 33.5 Å². The summed E-state index contributed by atoms with van der Waals surface area (Å²) in [6, 6.07) is 2.66. The Morgan fingerprint density at radius 3 is 2.67 bits per heavy atom. The number of aryl methyl sites for hydroxylation is 1. The van der Waals surface area contributed by atoms with Crippen LogP contribution >= 0.6 is 15.9 Å². The highest BCUT2D eigenvalue weighted by atomic mass is 79.9. The van der Waals surface area contributed by atoms with E-state index in [2.05, 4.69) is 21.2 Å². The number of amides is 2. The number of carbonyl (C=O) groups is 2. The van der Waals surface area contributed by atoms with Gasteiger partial charge in [0.05, 0.1) is 5.56 Å². The van der Waals surface area contributed by atoms with Gasteiger partial charge in [0.1, 0.15) is 11.4 Å². The second kappa shape index (κ2) is 7.09. The summed E-state index contributed by atoms with van der Waals surface area (Å²) in [5.74, 6) is -1.06. The van der Waals surface area contributed by atoms with Crippen LogP contribution in [0.3, 0.4) is 0 Å². The van der Waals surface area contributed by atoms with E-state index in [4.69, 9.17) is 4.74 Å². The minimum atomic E-state index is -0.577. The van der Waals surface area contributed by atoms with Crippen LogP contribution in [0, 0.1) is 12.7 Å². The van der Waals surface area contributed by atoms with Gasteiger partial charge in [0.2, 0.25) is 0 Å². The molecule has 1 heterocycles. The topological polar surface area (TPSA) is 58.6 Å². The van der Waals surface area contributed by atoms with Crippen molar-refractivity contribution in [2.24, 2.45) is 0 Å². The van der Waals surface area contributed by atoms with Gasteiger partial charge in [0.15, 0.2) is 0 Å². The van der Waals surface area contributed by atoms with Gasteiger partial charge < -0.3 is 15.0 Å². The fraction of sp³-hybridized carbons (Fsp3) is 0.529. The molecule has 1 saturated heterocycles. The van der Waals surface area contributed by atoms with Gasteiger partial charge >= 0.3 is 6.09 Å². The van der Waals surface area contributed by atoms with E-state index in [0.717, 1.165) is 5.56 Å². The monoisotopic (exact) mass is 400 g/mol. The Hall–Kier alpha value is -1.63. The van der Waals surface area contributed by atoms with E-state index in [9.17, 15) is 14.0 Å². The zero-order chi connectivity index (χ0) is 18.1. The smallest absolute Gasteiger partial charge is 0.410 e. The van der Waals surface area contributed by atoms with Crippen molar-refractivity contribution in [2.45, 2.75) is 45.8 Å². The highest BCUT2D eigenvalue weighted by Gasteiger charge is 2.31. The van der Waals surface area contributed by atoms with Crippen LogP contribution < -0.4 is 5.32 Å². The molecule has 1 atom stereocenters. The number of ether oxygens (including phenoxy) is 1. The number of carbonyl (C=O) groups excluding carboxylic acids is 2. The molecule has 2 rings (SSSR count). The molecular weight excluding hydrogens is 379 g/mol. The van der Waals surface area contributed by atoms with Gasteiger partial charge in [-0.25, -0.2) is 9.18 Å². The molecule has 0 spiro atoms. The third kappa shape index (κ3) is 4.47. The molecule has 1 aliphatic rings. The number of likely N-dealkylation sites (tertiary alicyclic amines) is 1. The summed E-state index contributed by atoms with van der Waals surface area (Å²) in [6.07, 6.45) is 0.206. The number of rotatable bonds is 2. The highest BCUT2D eigenvalue weighted by molar-refractivity contribution is 9.10. The average Bonchev–Trinajstić information content (AvgIpc) is 2.90. The van der Waals surface area contributed by atoms with E-state index in [0.29, 0.717) is 24.0 Å². The number of hydrogen-bond donors (Lipinski definition) is 1. The van der Waals surface area contributed by atoms with Gasteiger partial charge in [-0.15, -0.1) is 0 Å². The summed E-state index contributed by atoms with van der Waals surface area (Å²) >= 11 is 3.26. The molecule has 1 aromatic rings. The lowest BCUT2D eigenvalue weighted by Gasteiger charge is -2.24. The Kier molecular flexibility index (Phi) is 5.52. The van der Waals surface area contributed by atoms with E-state index >= 15 is 0 Å². The van der Waals surface area contributed by atoms with Gasteiger partial charge in [0.25, 0.3) is 5.91 Å². The van der Waals surface area contributed by atoms with Crippen molar-refractivity contribution in [1.29, 1.82) is 0 Å². The minimum absolute atomic E-state index is 0.00859. The van der Waals surface area contributed by atoms with Gasteiger partial charge in [-0.3, -0.25) is 4.79 Å². The molecule has 1 aliphatic heterocycles. The van der Waals surface area contributed by atoms with Crippen LogP contribution in [-0.4, -0.2) is 41.6 Å². The Morgan fingerprint density at radius 2 is 2.04 bits per heavy atom. The summed E-state index contributed by atoms with van der Waals surface area (Å²) in [7, 11) is 0. The second-order valence-corrected chi connectivity index (χ2v) is 7.73. The van der Waals surface area contributed by atoms with Crippen molar-refractivity contribution < 1.29 is 18.7 Å². The zero-order valence-electron chi connectivity index (χ0n) is 14.3. The van der Waals surface area contributed by atoms with E-state index in [1.807, 2.05) is 0 Å². The summed E-state index contributed by atoms with van der Waals surface area (Å²) < 4.78 is 19.7. The van der Waals surface area contributed by atoms with E-state index in [-0.39, 0.29) is 11.6 Å². The van der Waals surface area contributed by atoms with Gasteiger partial charge in [-0.2, -0.15) is 0 Å². The Balaban J connectivity index is 2.00. The fourth-order valence-corrected chi connectivity index (χ4v) is 2.99. The standard InChI is InChI=1S/C17H22BrFN2O3/c1-10-5-6-12(19)13(14(10)18)15(22)20-11-7-8-21(9-11)16(23)24-17(2,3)4/h5-6,11H,7-9H2,1-4H3,(H,20,22)/t11-/m0/s1. The Labute approximate surface area is 149 Å². The molecule has 1 N–H and O–H groups in total. The van der Waals surface area contributed by atoms with Crippen LogP contribution in [0.2, 0.25) is 0 Å². The van der Waals surface area contributed by atoms with Crippen molar-refractivity contribution in [3.8, 4) is 0 Å². The predicted octanol–water partition coefficient (Wildman–Crippen LogP) is 3.64. The molecule has 1 fully saturated rings. The first-order valence-electron chi connectivity index (χ1n) is 7.82. The van der Waals surface area contributed by atoms with E-state index in [1.54, 1.807) is 38.7 Å². The van der Waals surface area contributed by atoms with Crippen LogP contribution in [0.5, 0.6) is 0 Å². The molecule has 1 aromatic carbocycles. The van der Waals surface area contributed by atoms with Crippen molar-refractivity contribution in [3.63, 3.8) is 0 Å². The number of nitrogens with one attached hydrogen (secondary N) is 1. The maximum absolute atomic E-state index is 14.0. The first-order chi connectivity index (χ1) is 11.1. The second-order valence-electron chi connectivity index (χ2n) is 6.94. The largest absolute Gasteiger partial charge is 0.444 e. The van der Waals surface area contributed by atoms with Crippen LogP contribution in [0.1, 0.15) is 43.1 Å². The van der Waals surface area contributed by atoms with Crippen LogP contribution in [-0.2, 0) is 4.74 Å². The lowest BCUT2D eigenvalue weighted by atomic mass is 10.1. The third-order valence-electron chi connectivity index (χ3n) is 3.69. The van der Waals surface area contributed by atoms with Gasteiger partial charge in [-0.05, 0) is 61.7 Å². The van der Waals surface area contributed by atoms with Gasteiger partial charge in [-0.1, -0.05) is 6.07 Å². The third-order valence-corrected chi connectivity index (χ3v) is 4.71. The molecule has 0 bridgehead atoms. The molecule has 0 aromatic heterocycles. The van der Waals surface area contributed by atoms with E-state index in [1.165, 1.54) is 6.07 Å². The molecule has 2 amide bonds. The van der Waals surface area contributed by atoms with Crippen LogP contribution in [0.15, 0.2) is 16.6 Å². The summed E-state index contributed by atoms with van der Waals surface area (Å²) in [4.78, 5) is 26.0. The van der Waals surface area contributed by atoms with Crippen molar-refractivity contribution >= 4 is 27.9 Å². The van der Waals surface area contributed by atoms with Gasteiger partial charge in [0, 0.05) is 23.6 Å². The molecule has 0 saturated carbocycles. The molecule has 132 valence electrons. The average molecular weight is 401 g/mol. The maximum Gasteiger partial charge on any atom is 0.410 e. The Morgan fingerprint density at radius 1 is 1.38 bits per heavy atom. The Bertz CT molecular complexity index is 658. The van der Waals surface area contributed by atoms with Crippen LogP contribution in [0.4, 0.5) is 9.18 Å². The SMILES string of the molecule is Cc1ccc(F)c(C(=O)N[C@H]2CCN(C(=O)OC(C)(C)C)C2)c1Br. The lowest BCUT2D eigenvalue weighted by molar-refractivity contribution is 0.0290. The molecule has 7 heteroatoms. The van der Waals surface area contributed by atoms with Crippen molar-refractivity contribution in [1.82, 2.24) is 10.2 Å². The quantitative estimate of drug-likeness (QED) is 0.824. The molecule has 24 heavy (non-hydrogen) atoms. The predicted molar refractivity (Wildman–Crippen MR) is 92.5 cm³/mol. The maximum atomic E-state index is 14.0. The number of halogens is 2. The van der Waals surface area contributed by atoms with Crippen LogP contribution in [0.25, 0.3) is 0 Å². The number of hydrogen-bond acceptors (Lipinski definition) is 3. The lowest BCUT2D eigenvalue weighted by Crippen LogP contribution is -2.40. The zero-order valence-corrected chi connectivity index (χ0v) is 15.9. The molecule has 0 radical (unpaired) electrons. The summed E-state index contributed by atoms with van der Waals surface area (Å²) in [5.41, 5.74) is 0.211. The molecular formula is C17H22BrFN2O3. The highest BCUT2D eigenvalue weighted by Crippen LogP contribution is 2.24. The first kappa shape index (κ1) is 18.7. The first-order valence-corrected chi connectivity index (χ1v) is 8.61. The number of benzene rings is 1. The normalized spacial score (nSPS) is 17.8.